The molecule has 0 bridgehead atoms. The monoisotopic (exact) mass is 389 g/mol. The van der Waals surface area contributed by atoms with E-state index < -0.39 is 5.41 Å². The van der Waals surface area contributed by atoms with Crippen LogP contribution in [-0.2, 0) is 23.2 Å². The van der Waals surface area contributed by atoms with Gasteiger partial charge in [0.05, 0.1) is 6.54 Å². The van der Waals surface area contributed by atoms with Gasteiger partial charge in [0, 0.05) is 36.9 Å². The van der Waals surface area contributed by atoms with Gasteiger partial charge in [-0.15, -0.1) is 0 Å². The van der Waals surface area contributed by atoms with Gasteiger partial charge in [0.15, 0.2) is 0 Å². The molecule has 5 heteroatoms. The zero-order chi connectivity index (χ0) is 20.9. The molecular weight excluding hydrogens is 350 g/mol. The molecule has 1 fully saturated rings. The summed E-state index contributed by atoms with van der Waals surface area (Å²) in [5.74, 6) is 0.528. The minimum Gasteiger partial charge on any atom is -0.353 e. The number of amides is 2. The first-order valence-electron chi connectivity index (χ1n) is 10.8. The second kappa shape index (κ2) is 9.62. The van der Waals surface area contributed by atoms with Crippen molar-refractivity contribution in [2.75, 3.05) is 13.1 Å². The molecule has 1 aromatic heterocycles. The number of aryl methyl sites for hydroxylation is 1. The van der Waals surface area contributed by atoms with Crippen molar-refractivity contribution in [2.24, 2.45) is 18.4 Å². The summed E-state index contributed by atoms with van der Waals surface area (Å²) >= 11 is 0. The lowest BCUT2D eigenvalue weighted by molar-refractivity contribution is -0.149. The predicted octanol–water partition coefficient (Wildman–Crippen LogP) is 4.22. The summed E-state index contributed by atoms with van der Waals surface area (Å²) in [6.45, 7) is 11.6. The Bertz CT molecular complexity index is 651. The molecule has 1 aliphatic carbocycles. The molecule has 2 amide bonds. The second-order valence-electron chi connectivity index (χ2n) is 9.75. The zero-order valence-electron chi connectivity index (χ0n) is 18.7. The van der Waals surface area contributed by atoms with Crippen molar-refractivity contribution >= 4 is 11.8 Å². The Balaban J connectivity index is 2.19. The molecule has 1 aromatic rings. The molecule has 0 atom stereocenters. The normalized spacial score (nSPS) is 15.7. The summed E-state index contributed by atoms with van der Waals surface area (Å²) in [7, 11) is 2.00. The average molecular weight is 390 g/mol. The molecule has 1 aliphatic rings. The van der Waals surface area contributed by atoms with Crippen LogP contribution in [0.1, 0.15) is 72.4 Å². The van der Waals surface area contributed by atoms with Gasteiger partial charge in [-0.2, -0.15) is 0 Å². The van der Waals surface area contributed by atoms with E-state index >= 15 is 0 Å². The van der Waals surface area contributed by atoms with Crippen LogP contribution in [0, 0.1) is 11.3 Å². The summed E-state index contributed by atoms with van der Waals surface area (Å²) < 4.78 is 2.06. The number of carbonyl (C=O) groups excluding carboxylic acids is 2. The van der Waals surface area contributed by atoms with E-state index in [1.165, 1.54) is 6.42 Å². The van der Waals surface area contributed by atoms with Gasteiger partial charge < -0.3 is 14.4 Å². The molecule has 1 heterocycles. The van der Waals surface area contributed by atoms with Gasteiger partial charge in [0.1, 0.15) is 6.54 Å². The molecule has 0 spiro atoms. The first-order valence-corrected chi connectivity index (χ1v) is 10.8. The van der Waals surface area contributed by atoms with Crippen LogP contribution >= 0.6 is 0 Å². The summed E-state index contributed by atoms with van der Waals surface area (Å²) in [6.07, 6.45) is 7.55. The van der Waals surface area contributed by atoms with Crippen molar-refractivity contribution in [1.29, 1.82) is 0 Å². The van der Waals surface area contributed by atoms with Gasteiger partial charge in [-0.1, -0.05) is 53.9 Å². The van der Waals surface area contributed by atoms with E-state index in [0.29, 0.717) is 19.0 Å². The first-order chi connectivity index (χ1) is 13.1. The standard InChI is InChI=1S/C23H39N3O2/c1-18(2)15-25(16-20-13-10-14-24(20)6)21(27)17-26(22(28)23(3,4)5)19-11-8-7-9-12-19/h10,13-14,18-19H,7-9,11-12,15-17H2,1-6H3. The smallest absolute Gasteiger partial charge is 0.242 e. The second-order valence-corrected chi connectivity index (χ2v) is 9.75. The van der Waals surface area contributed by atoms with Gasteiger partial charge in [0.25, 0.3) is 0 Å². The predicted molar refractivity (Wildman–Crippen MR) is 114 cm³/mol. The van der Waals surface area contributed by atoms with Gasteiger partial charge in [-0.05, 0) is 30.9 Å². The fourth-order valence-electron chi connectivity index (χ4n) is 3.99. The minimum atomic E-state index is -0.473. The largest absolute Gasteiger partial charge is 0.353 e. The minimum absolute atomic E-state index is 0.0538. The maximum Gasteiger partial charge on any atom is 0.242 e. The summed E-state index contributed by atoms with van der Waals surface area (Å²) in [5.41, 5.74) is 0.638. The van der Waals surface area contributed by atoms with Crippen molar-refractivity contribution in [3.63, 3.8) is 0 Å². The molecule has 0 N–H and O–H groups in total. The Labute approximate surface area is 171 Å². The fraction of sp³-hybridized carbons (Fsp3) is 0.739. The van der Waals surface area contributed by atoms with E-state index in [9.17, 15) is 9.59 Å². The highest BCUT2D eigenvalue weighted by Gasteiger charge is 2.34. The van der Waals surface area contributed by atoms with Crippen LogP contribution in [0.15, 0.2) is 18.3 Å². The van der Waals surface area contributed by atoms with Crippen LogP contribution in [0.25, 0.3) is 0 Å². The average Bonchev–Trinajstić information content (AvgIpc) is 3.02. The first kappa shape index (κ1) is 22.5. The highest BCUT2D eigenvalue weighted by molar-refractivity contribution is 5.87. The molecule has 0 aliphatic heterocycles. The number of rotatable bonds is 7. The Morgan fingerprint density at radius 2 is 1.82 bits per heavy atom. The lowest BCUT2D eigenvalue weighted by Gasteiger charge is -2.39. The van der Waals surface area contributed by atoms with E-state index in [1.807, 2.05) is 49.9 Å². The number of carbonyl (C=O) groups is 2. The number of hydrogen-bond acceptors (Lipinski definition) is 2. The SMILES string of the molecule is CC(C)CN(Cc1cccn1C)C(=O)CN(C(=O)C(C)(C)C)C1CCCCC1. The third-order valence-corrected chi connectivity index (χ3v) is 5.57. The summed E-state index contributed by atoms with van der Waals surface area (Å²) in [4.78, 5) is 30.3. The van der Waals surface area contributed by atoms with Crippen molar-refractivity contribution in [3.05, 3.63) is 24.0 Å². The molecule has 0 unspecified atom stereocenters. The Hall–Kier alpha value is -1.78. The molecule has 0 saturated heterocycles. The lowest BCUT2D eigenvalue weighted by atomic mass is 9.89. The van der Waals surface area contributed by atoms with Crippen LogP contribution in [-0.4, -0.2) is 45.3 Å². The van der Waals surface area contributed by atoms with Crippen molar-refractivity contribution in [1.82, 2.24) is 14.4 Å². The van der Waals surface area contributed by atoms with Gasteiger partial charge in [0.2, 0.25) is 11.8 Å². The van der Waals surface area contributed by atoms with Crippen molar-refractivity contribution < 1.29 is 9.59 Å². The fourth-order valence-corrected chi connectivity index (χ4v) is 3.99. The maximum atomic E-state index is 13.3. The van der Waals surface area contributed by atoms with Crippen LogP contribution in [0.4, 0.5) is 0 Å². The number of hydrogen-bond donors (Lipinski definition) is 0. The summed E-state index contributed by atoms with van der Waals surface area (Å²) in [6, 6.07) is 4.25. The maximum absolute atomic E-state index is 13.3. The highest BCUT2D eigenvalue weighted by Crippen LogP contribution is 2.27. The Morgan fingerprint density at radius 3 is 2.32 bits per heavy atom. The Morgan fingerprint density at radius 1 is 1.18 bits per heavy atom. The number of aromatic nitrogens is 1. The van der Waals surface area contributed by atoms with Gasteiger partial charge in [-0.3, -0.25) is 9.59 Å². The van der Waals surface area contributed by atoms with Gasteiger partial charge >= 0.3 is 0 Å². The number of nitrogens with zero attached hydrogens (tertiary/aromatic N) is 3. The van der Waals surface area contributed by atoms with Gasteiger partial charge in [-0.25, -0.2) is 0 Å². The molecule has 0 aromatic carbocycles. The van der Waals surface area contributed by atoms with E-state index in [1.54, 1.807) is 0 Å². The molecule has 158 valence electrons. The molecule has 28 heavy (non-hydrogen) atoms. The molecule has 5 nitrogen and oxygen atoms in total. The third-order valence-electron chi connectivity index (χ3n) is 5.57. The van der Waals surface area contributed by atoms with E-state index in [0.717, 1.165) is 31.4 Å². The van der Waals surface area contributed by atoms with E-state index in [4.69, 9.17) is 0 Å². The Kier molecular flexibility index (Phi) is 7.73. The van der Waals surface area contributed by atoms with Crippen molar-refractivity contribution in [3.8, 4) is 0 Å². The topological polar surface area (TPSA) is 45.6 Å². The van der Waals surface area contributed by atoms with Crippen LogP contribution in [0.5, 0.6) is 0 Å². The van der Waals surface area contributed by atoms with Crippen LogP contribution in [0.2, 0.25) is 0 Å². The molecule has 2 rings (SSSR count). The van der Waals surface area contributed by atoms with E-state index in [-0.39, 0.29) is 24.4 Å². The van der Waals surface area contributed by atoms with Crippen LogP contribution < -0.4 is 0 Å². The molecule has 0 radical (unpaired) electrons. The summed E-state index contributed by atoms with van der Waals surface area (Å²) in [5, 5.41) is 0. The molecular formula is C23H39N3O2. The zero-order valence-corrected chi connectivity index (χ0v) is 18.7. The van der Waals surface area contributed by atoms with E-state index in [2.05, 4.69) is 24.5 Å². The quantitative estimate of drug-likeness (QED) is 0.701. The van der Waals surface area contributed by atoms with Crippen LogP contribution in [0.3, 0.4) is 0 Å². The highest BCUT2D eigenvalue weighted by atomic mass is 16.2. The third kappa shape index (κ3) is 6.11. The molecule has 1 saturated carbocycles. The van der Waals surface area contributed by atoms with Crippen molar-refractivity contribution in [2.45, 2.75) is 79.3 Å². The lowest BCUT2D eigenvalue weighted by Crippen LogP contribution is -2.51.